The van der Waals surface area contributed by atoms with Gasteiger partial charge in [0.25, 0.3) is 5.91 Å². The number of hydrogen-bond donors (Lipinski definition) is 1. The molecule has 138 valence electrons. The van der Waals surface area contributed by atoms with Crippen LogP contribution in [0, 0.1) is 0 Å². The van der Waals surface area contributed by atoms with Crippen molar-refractivity contribution < 1.29 is 14.1 Å². The Morgan fingerprint density at radius 1 is 1.23 bits per heavy atom. The van der Waals surface area contributed by atoms with Crippen LogP contribution in [0.5, 0.6) is 0 Å². The van der Waals surface area contributed by atoms with Gasteiger partial charge in [0, 0.05) is 45.1 Å². The molecule has 0 unspecified atom stereocenters. The van der Waals surface area contributed by atoms with Crippen molar-refractivity contribution in [1.82, 2.24) is 25.3 Å². The summed E-state index contributed by atoms with van der Waals surface area (Å²) in [5, 5.41) is 8.75. The zero-order chi connectivity index (χ0) is 17.9. The molecule has 2 aromatic heterocycles. The molecule has 0 bridgehead atoms. The first-order valence-electron chi connectivity index (χ1n) is 8.89. The maximum absolute atomic E-state index is 12.3. The standard InChI is InChI=1S/C17H21N5O3S/c23-16(13-2-1-11-26-13)21-7-9-22(10-8-21)17(24)18-6-5-14-19-15(20-25-14)12-3-4-12/h1-2,11-12H,3-10H2,(H,18,24). The molecule has 4 rings (SSSR count). The first kappa shape index (κ1) is 17.0. The van der Waals surface area contributed by atoms with Crippen molar-refractivity contribution in [3.63, 3.8) is 0 Å². The Hall–Kier alpha value is -2.42. The Labute approximate surface area is 155 Å². The number of carbonyl (C=O) groups is 2. The summed E-state index contributed by atoms with van der Waals surface area (Å²) in [6.07, 6.45) is 2.80. The van der Waals surface area contributed by atoms with Gasteiger partial charge in [-0.05, 0) is 24.3 Å². The number of nitrogens with one attached hydrogen (secondary N) is 1. The molecular weight excluding hydrogens is 354 g/mol. The van der Waals surface area contributed by atoms with Crippen LogP contribution in [-0.4, -0.2) is 64.6 Å². The fraction of sp³-hybridized carbons (Fsp3) is 0.529. The van der Waals surface area contributed by atoms with Gasteiger partial charge < -0.3 is 19.6 Å². The van der Waals surface area contributed by atoms with E-state index >= 15 is 0 Å². The molecule has 3 amide bonds. The molecule has 1 saturated carbocycles. The second-order valence-corrected chi connectivity index (χ2v) is 7.51. The van der Waals surface area contributed by atoms with E-state index in [4.69, 9.17) is 4.52 Å². The smallest absolute Gasteiger partial charge is 0.317 e. The molecule has 3 heterocycles. The van der Waals surface area contributed by atoms with Crippen molar-refractivity contribution in [2.24, 2.45) is 0 Å². The van der Waals surface area contributed by atoms with Crippen molar-refractivity contribution in [3.8, 4) is 0 Å². The van der Waals surface area contributed by atoms with Crippen LogP contribution in [0.3, 0.4) is 0 Å². The van der Waals surface area contributed by atoms with Gasteiger partial charge in [0.05, 0.1) is 4.88 Å². The maximum Gasteiger partial charge on any atom is 0.317 e. The first-order chi connectivity index (χ1) is 12.7. The minimum Gasteiger partial charge on any atom is -0.339 e. The third-order valence-electron chi connectivity index (χ3n) is 4.63. The summed E-state index contributed by atoms with van der Waals surface area (Å²) in [7, 11) is 0. The first-order valence-corrected chi connectivity index (χ1v) is 9.76. The van der Waals surface area contributed by atoms with E-state index in [-0.39, 0.29) is 11.9 Å². The molecule has 2 aliphatic rings. The Morgan fingerprint density at radius 3 is 2.69 bits per heavy atom. The van der Waals surface area contributed by atoms with Crippen LogP contribution in [0.4, 0.5) is 4.79 Å². The molecule has 2 aromatic rings. The average molecular weight is 375 g/mol. The van der Waals surface area contributed by atoms with E-state index in [1.54, 1.807) is 9.80 Å². The van der Waals surface area contributed by atoms with Gasteiger partial charge >= 0.3 is 6.03 Å². The lowest BCUT2D eigenvalue weighted by Crippen LogP contribution is -2.53. The summed E-state index contributed by atoms with van der Waals surface area (Å²) >= 11 is 1.44. The minimum atomic E-state index is -0.116. The van der Waals surface area contributed by atoms with E-state index in [1.165, 1.54) is 11.3 Å². The number of nitrogens with zero attached hydrogens (tertiary/aromatic N) is 4. The fourth-order valence-electron chi connectivity index (χ4n) is 2.93. The van der Waals surface area contributed by atoms with Gasteiger partial charge in [-0.15, -0.1) is 11.3 Å². The monoisotopic (exact) mass is 375 g/mol. The number of urea groups is 1. The van der Waals surface area contributed by atoms with Gasteiger partial charge in [-0.2, -0.15) is 4.98 Å². The van der Waals surface area contributed by atoms with Gasteiger partial charge in [-0.1, -0.05) is 11.2 Å². The van der Waals surface area contributed by atoms with Crippen molar-refractivity contribution in [2.45, 2.75) is 25.2 Å². The Bertz CT molecular complexity index is 763. The van der Waals surface area contributed by atoms with Crippen molar-refractivity contribution in [2.75, 3.05) is 32.7 Å². The van der Waals surface area contributed by atoms with Crippen LogP contribution in [0.15, 0.2) is 22.0 Å². The normalized spacial score (nSPS) is 17.4. The van der Waals surface area contributed by atoms with Crippen LogP contribution < -0.4 is 5.32 Å². The summed E-state index contributed by atoms with van der Waals surface area (Å²) in [4.78, 5) is 33.2. The number of amides is 3. The third-order valence-corrected chi connectivity index (χ3v) is 5.49. The summed E-state index contributed by atoms with van der Waals surface area (Å²) in [5.41, 5.74) is 0. The second kappa shape index (κ2) is 7.45. The number of carbonyl (C=O) groups excluding carboxylic acids is 2. The molecule has 0 spiro atoms. The van der Waals surface area contributed by atoms with E-state index in [0.717, 1.165) is 23.5 Å². The molecule has 0 atom stereocenters. The van der Waals surface area contributed by atoms with Gasteiger partial charge in [0.2, 0.25) is 5.89 Å². The van der Waals surface area contributed by atoms with E-state index < -0.39 is 0 Å². The summed E-state index contributed by atoms with van der Waals surface area (Å²) in [5.74, 6) is 1.87. The zero-order valence-corrected chi connectivity index (χ0v) is 15.2. The highest BCUT2D eigenvalue weighted by Crippen LogP contribution is 2.38. The third kappa shape index (κ3) is 3.87. The maximum atomic E-state index is 12.3. The van der Waals surface area contributed by atoms with Crippen molar-refractivity contribution in [1.29, 1.82) is 0 Å². The predicted molar refractivity (Wildman–Crippen MR) is 95.2 cm³/mol. The Balaban J connectivity index is 1.19. The van der Waals surface area contributed by atoms with Crippen LogP contribution in [0.1, 0.15) is 40.1 Å². The molecule has 0 radical (unpaired) electrons. The minimum absolute atomic E-state index is 0.0444. The average Bonchev–Trinajstić information content (AvgIpc) is 3.18. The molecule has 1 N–H and O–H groups in total. The topological polar surface area (TPSA) is 91.6 Å². The highest BCUT2D eigenvalue weighted by Gasteiger charge is 2.29. The van der Waals surface area contributed by atoms with E-state index in [2.05, 4.69) is 15.5 Å². The summed E-state index contributed by atoms with van der Waals surface area (Å²) < 4.78 is 5.20. The quantitative estimate of drug-likeness (QED) is 0.859. The number of rotatable bonds is 5. The van der Waals surface area contributed by atoms with Crippen molar-refractivity contribution in [3.05, 3.63) is 34.1 Å². The molecule has 8 nitrogen and oxygen atoms in total. The van der Waals surface area contributed by atoms with E-state index in [9.17, 15) is 9.59 Å². The molecular formula is C17H21N5O3S. The molecule has 1 saturated heterocycles. The highest BCUT2D eigenvalue weighted by molar-refractivity contribution is 7.12. The van der Waals surface area contributed by atoms with Gasteiger partial charge in [-0.25, -0.2) is 4.79 Å². The molecule has 2 fully saturated rings. The lowest BCUT2D eigenvalue weighted by molar-refractivity contribution is 0.0670. The Morgan fingerprint density at radius 2 is 2.00 bits per heavy atom. The fourth-order valence-corrected chi connectivity index (χ4v) is 3.62. The van der Waals surface area contributed by atoms with E-state index in [1.807, 2.05) is 17.5 Å². The number of thiophene rings is 1. The van der Waals surface area contributed by atoms with E-state index in [0.29, 0.717) is 51.0 Å². The zero-order valence-electron chi connectivity index (χ0n) is 14.4. The molecule has 0 aromatic carbocycles. The van der Waals surface area contributed by atoms with Crippen LogP contribution in [0.2, 0.25) is 0 Å². The largest absolute Gasteiger partial charge is 0.339 e. The lowest BCUT2D eigenvalue weighted by atomic mass is 10.3. The lowest BCUT2D eigenvalue weighted by Gasteiger charge is -2.34. The summed E-state index contributed by atoms with van der Waals surface area (Å²) in [6.45, 7) is 2.64. The van der Waals surface area contributed by atoms with Gasteiger partial charge in [0.1, 0.15) is 0 Å². The van der Waals surface area contributed by atoms with Crippen LogP contribution >= 0.6 is 11.3 Å². The second-order valence-electron chi connectivity index (χ2n) is 6.56. The molecule has 1 aliphatic carbocycles. The predicted octanol–water partition coefficient (Wildman–Crippen LogP) is 1.72. The van der Waals surface area contributed by atoms with Gasteiger partial charge in [0.15, 0.2) is 5.82 Å². The molecule has 1 aliphatic heterocycles. The summed E-state index contributed by atoms with van der Waals surface area (Å²) in [6, 6.07) is 3.59. The number of aromatic nitrogens is 2. The molecule has 9 heteroatoms. The number of hydrogen-bond acceptors (Lipinski definition) is 6. The number of piperazine rings is 1. The SMILES string of the molecule is O=C(NCCc1nc(C2CC2)no1)N1CCN(C(=O)c2cccs2)CC1. The van der Waals surface area contributed by atoms with Crippen molar-refractivity contribution >= 4 is 23.3 Å². The Kier molecular flexibility index (Phi) is 4.87. The van der Waals surface area contributed by atoms with Crippen LogP contribution in [0.25, 0.3) is 0 Å². The highest BCUT2D eigenvalue weighted by atomic mass is 32.1. The molecule has 26 heavy (non-hydrogen) atoms. The van der Waals surface area contributed by atoms with Gasteiger partial charge in [-0.3, -0.25) is 4.79 Å². The van der Waals surface area contributed by atoms with Crippen LogP contribution in [-0.2, 0) is 6.42 Å².